The monoisotopic (exact) mass is 388 g/mol. The van der Waals surface area contributed by atoms with Crippen molar-refractivity contribution in [3.8, 4) is 0 Å². The topological polar surface area (TPSA) is 67.5 Å². The van der Waals surface area contributed by atoms with E-state index in [0.29, 0.717) is 17.7 Å². The number of benzene rings is 2. The van der Waals surface area contributed by atoms with Crippen molar-refractivity contribution in [1.29, 1.82) is 0 Å². The van der Waals surface area contributed by atoms with Gasteiger partial charge in [0.25, 0.3) is 5.56 Å². The Labute approximate surface area is 168 Å². The minimum atomic E-state index is -0.0617. The molecule has 4 aromatic rings. The number of piperidine rings is 1. The molecule has 29 heavy (non-hydrogen) atoms. The molecular weight excluding hydrogens is 364 g/mol. The molecule has 2 aromatic carbocycles. The van der Waals surface area contributed by atoms with Gasteiger partial charge < -0.3 is 10.2 Å². The second kappa shape index (κ2) is 7.24. The van der Waals surface area contributed by atoms with Crippen LogP contribution in [0.3, 0.4) is 0 Å². The first-order chi connectivity index (χ1) is 14.2. The third-order valence-electron chi connectivity index (χ3n) is 5.73. The molecule has 0 saturated carbocycles. The van der Waals surface area contributed by atoms with Crippen LogP contribution in [0.4, 0.5) is 11.4 Å². The molecule has 148 valence electrons. The highest BCUT2D eigenvalue weighted by Gasteiger charge is 2.14. The van der Waals surface area contributed by atoms with Crippen molar-refractivity contribution in [3.63, 3.8) is 0 Å². The summed E-state index contributed by atoms with van der Waals surface area (Å²) in [6.45, 7) is 2.81. The van der Waals surface area contributed by atoms with Crippen molar-refractivity contribution in [2.75, 3.05) is 23.3 Å². The van der Waals surface area contributed by atoms with E-state index in [0.717, 1.165) is 30.1 Å². The molecule has 5 rings (SSSR count). The SMILES string of the molecule is Cn1c(=O)c2ccccc2n2c(CNc3ccc(N4CCCCC4)cc3)nnc12. The zero-order valence-corrected chi connectivity index (χ0v) is 16.5. The Hall–Kier alpha value is -3.35. The van der Waals surface area contributed by atoms with E-state index in [1.165, 1.54) is 24.9 Å². The Morgan fingerprint density at radius 1 is 0.966 bits per heavy atom. The van der Waals surface area contributed by atoms with E-state index >= 15 is 0 Å². The lowest BCUT2D eigenvalue weighted by Crippen LogP contribution is -2.29. The highest BCUT2D eigenvalue weighted by atomic mass is 16.1. The molecular formula is C22H24N6O. The maximum Gasteiger partial charge on any atom is 0.262 e. The molecule has 1 aliphatic rings. The number of para-hydroxylation sites is 1. The van der Waals surface area contributed by atoms with Gasteiger partial charge in [-0.3, -0.25) is 13.8 Å². The van der Waals surface area contributed by atoms with Crippen molar-refractivity contribution in [3.05, 3.63) is 64.7 Å². The molecule has 7 nitrogen and oxygen atoms in total. The average molecular weight is 388 g/mol. The number of fused-ring (bicyclic) bond motifs is 3. The highest BCUT2D eigenvalue weighted by molar-refractivity contribution is 5.80. The van der Waals surface area contributed by atoms with E-state index in [-0.39, 0.29) is 5.56 Å². The van der Waals surface area contributed by atoms with Gasteiger partial charge in [-0.15, -0.1) is 10.2 Å². The second-order valence-corrected chi connectivity index (χ2v) is 7.58. The fraction of sp³-hybridized carbons (Fsp3) is 0.318. The molecule has 0 bridgehead atoms. The summed E-state index contributed by atoms with van der Waals surface area (Å²) < 4.78 is 3.50. The first kappa shape index (κ1) is 17.7. The fourth-order valence-corrected chi connectivity index (χ4v) is 4.13. The predicted molar refractivity (Wildman–Crippen MR) is 116 cm³/mol. The van der Waals surface area contributed by atoms with E-state index in [2.05, 4.69) is 44.7 Å². The summed E-state index contributed by atoms with van der Waals surface area (Å²) in [5, 5.41) is 12.7. The van der Waals surface area contributed by atoms with Crippen LogP contribution >= 0.6 is 0 Å². The van der Waals surface area contributed by atoms with E-state index in [1.54, 1.807) is 11.6 Å². The van der Waals surface area contributed by atoms with Crippen LogP contribution in [-0.4, -0.2) is 32.3 Å². The third-order valence-corrected chi connectivity index (χ3v) is 5.73. The summed E-state index contributed by atoms with van der Waals surface area (Å²) in [4.78, 5) is 15.0. The molecule has 0 amide bonds. The van der Waals surface area contributed by atoms with Crippen LogP contribution in [0.1, 0.15) is 25.1 Å². The zero-order chi connectivity index (χ0) is 19.8. The molecule has 0 aliphatic carbocycles. The highest BCUT2D eigenvalue weighted by Crippen LogP contribution is 2.22. The molecule has 0 spiro atoms. The van der Waals surface area contributed by atoms with Gasteiger partial charge in [-0.2, -0.15) is 0 Å². The van der Waals surface area contributed by atoms with Gasteiger partial charge in [-0.05, 0) is 55.7 Å². The fourth-order valence-electron chi connectivity index (χ4n) is 4.13. The van der Waals surface area contributed by atoms with E-state index in [9.17, 15) is 4.79 Å². The molecule has 2 aromatic heterocycles. The lowest BCUT2D eigenvalue weighted by Gasteiger charge is -2.28. The van der Waals surface area contributed by atoms with E-state index < -0.39 is 0 Å². The van der Waals surface area contributed by atoms with Crippen molar-refractivity contribution in [2.45, 2.75) is 25.8 Å². The normalized spacial score (nSPS) is 14.6. The number of nitrogens with zero attached hydrogens (tertiary/aromatic N) is 5. The van der Waals surface area contributed by atoms with Crippen LogP contribution in [0.5, 0.6) is 0 Å². The quantitative estimate of drug-likeness (QED) is 0.582. The van der Waals surface area contributed by atoms with Crippen molar-refractivity contribution in [2.24, 2.45) is 7.05 Å². The van der Waals surface area contributed by atoms with Crippen LogP contribution in [0.2, 0.25) is 0 Å². The Balaban J connectivity index is 1.42. The average Bonchev–Trinajstić information content (AvgIpc) is 3.21. The van der Waals surface area contributed by atoms with Gasteiger partial charge in [-0.25, -0.2) is 0 Å². The Bertz CT molecular complexity index is 1220. The molecule has 3 heterocycles. The van der Waals surface area contributed by atoms with Gasteiger partial charge in [0.1, 0.15) is 0 Å². The first-order valence-corrected chi connectivity index (χ1v) is 10.1. The molecule has 0 unspecified atom stereocenters. The molecule has 1 N–H and O–H groups in total. The Kier molecular flexibility index (Phi) is 4.42. The van der Waals surface area contributed by atoms with E-state index in [1.807, 2.05) is 28.7 Å². The number of hydrogen-bond acceptors (Lipinski definition) is 5. The second-order valence-electron chi connectivity index (χ2n) is 7.58. The van der Waals surface area contributed by atoms with Crippen LogP contribution in [0, 0.1) is 0 Å². The molecule has 1 aliphatic heterocycles. The summed E-state index contributed by atoms with van der Waals surface area (Å²) in [5.41, 5.74) is 3.09. The lowest BCUT2D eigenvalue weighted by molar-refractivity contribution is 0.578. The third kappa shape index (κ3) is 3.12. The molecule has 1 saturated heterocycles. The van der Waals surface area contributed by atoms with Crippen LogP contribution < -0.4 is 15.8 Å². The molecule has 0 atom stereocenters. The smallest absolute Gasteiger partial charge is 0.262 e. The maximum absolute atomic E-state index is 12.6. The number of nitrogens with one attached hydrogen (secondary N) is 1. The van der Waals surface area contributed by atoms with Gasteiger partial charge in [0.05, 0.1) is 17.4 Å². The van der Waals surface area contributed by atoms with Crippen molar-refractivity contribution in [1.82, 2.24) is 19.2 Å². The Morgan fingerprint density at radius 3 is 2.52 bits per heavy atom. The number of aromatic nitrogens is 4. The number of hydrogen-bond donors (Lipinski definition) is 1. The van der Waals surface area contributed by atoms with Gasteiger partial charge >= 0.3 is 0 Å². The standard InChI is InChI=1S/C22H24N6O/c1-26-21(29)18-7-3-4-8-19(18)28-20(24-25-22(26)28)15-23-16-9-11-17(12-10-16)27-13-5-2-6-14-27/h3-4,7-12,23H,2,5-6,13-15H2,1H3. The van der Waals surface area contributed by atoms with Crippen molar-refractivity contribution < 1.29 is 0 Å². The van der Waals surface area contributed by atoms with Crippen LogP contribution in [0.15, 0.2) is 53.3 Å². The minimum Gasteiger partial charge on any atom is -0.378 e. The minimum absolute atomic E-state index is 0.0617. The molecule has 1 fully saturated rings. The number of aryl methyl sites for hydroxylation is 1. The predicted octanol–water partition coefficient (Wildman–Crippen LogP) is 3.18. The number of anilines is 2. The molecule has 0 radical (unpaired) electrons. The van der Waals surface area contributed by atoms with Crippen LogP contribution in [-0.2, 0) is 13.6 Å². The lowest BCUT2D eigenvalue weighted by atomic mass is 10.1. The van der Waals surface area contributed by atoms with Gasteiger partial charge in [0, 0.05) is 31.5 Å². The Morgan fingerprint density at radius 2 is 1.72 bits per heavy atom. The van der Waals surface area contributed by atoms with E-state index in [4.69, 9.17) is 0 Å². The maximum atomic E-state index is 12.6. The van der Waals surface area contributed by atoms with Crippen LogP contribution in [0.25, 0.3) is 16.7 Å². The van der Waals surface area contributed by atoms with Crippen molar-refractivity contribution >= 4 is 28.1 Å². The first-order valence-electron chi connectivity index (χ1n) is 10.1. The van der Waals surface area contributed by atoms with Gasteiger partial charge in [0.2, 0.25) is 5.78 Å². The van der Waals surface area contributed by atoms with Gasteiger partial charge in [-0.1, -0.05) is 12.1 Å². The summed E-state index contributed by atoms with van der Waals surface area (Å²) in [7, 11) is 1.73. The summed E-state index contributed by atoms with van der Waals surface area (Å²) >= 11 is 0. The summed E-state index contributed by atoms with van der Waals surface area (Å²) in [6.07, 6.45) is 3.88. The van der Waals surface area contributed by atoms with Gasteiger partial charge in [0.15, 0.2) is 5.82 Å². The summed E-state index contributed by atoms with van der Waals surface area (Å²) in [6, 6.07) is 16.2. The number of rotatable bonds is 4. The zero-order valence-electron chi connectivity index (χ0n) is 16.5. The largest absolute Gasteiger partial charge is 0.378 e. The summed E-state index contributed by atoms with van der Waals surface area (Å²) in [5.74, 6) is 1.32. The molecule has 7 heteroatoms.